The summed E-state index contributed by atoms with van der Waals surface area (Å²) in [5.74, 6) is 0. The summed E-state index contributed by atoms with van der Waals surface area (Å²) in [5, 5.41) is 10.6. The maximum Gasteiger partial charge on any atom is 0.0544 e. The van der Waals surface area contributed by atoms with Gasteiger partial charge in [0.25, 0.3) is 0 Å². The van der Waals surface area contributed by atoms with Gasteiger partial charge in [0.1, 0.15) is 0 Å². The van der Waals surface area contributed by atoms with E-state index in [-0.39, 0.29) is 81.2 Å². The molecule has 0 unspecified atom stereocenters. The fraction of sp³-hybridized carbons (Fsp3) is 0.417. The predicted octanol–water partition coefficient (Wildman–Crippen LogP) is 41.9. The molecular formula is C144H180N4. The Hall–Kier alpha value is -11.7. The van der Waals surface area contributed by atoms with Crippen LogP contribution in [0.3, 0.4) is 0 Å². The highest BCUT2D eigenvalue weighted by Gasteiger charge is 2.36. The van der Waals surface area contributed by atoms with Crippen molar-refractivity contribution in [3.63, 3.8) is 0 Å². The van der Waals surface area contributed by atoms with Crippen LogP contribution in [0.2, 0.25) is 0 Å². The normalized spacial score (nSPS) is 13.4. The Morgan fingerprint density at radius 2 is 0.351 bits per heavy atom. The summed E-state index contributed by atoms with van der Waals surface area (Å²) in [4.78, 5) is 0. The van der Waals surface area contributed by atoms with Crippen molar-refractivity contribution in [1.82, 2.24) is 18.3 Å². The third-order valence-electron chi connectivity index (χ3n) is 30.9. The van der Waals surface area contributed by atoms with E-state index in [4.69, 9.17) is 0 Å². The molecule has 148 heavy (non-hydrogen) atoms. The van der Waals surface area contributed by atoms with E-state index in [1.54, 1.807) is 0 Å². The van der Waals surface area contributed by atoms with Crippen LogP contribution in [0.25, 0.3) is 132 Å². The van der Waals surface area contributed by atoms with Gasteiger partial charge in [0.2, 0.25) is 0 Å². The van der Waals surface area contributed by atoms with E-state index >= 15 is 0 Å². The molecule has 0 spiro atoms. The molecular weight excluding hydrogens is 1790 g/mol. The third-order valence-corrected chi connectivity index (χ3v) is 30.9. The van der Waals surface area contributed by atoms with E-state index < -0.39 is 0 Å². The lowest BCUT2D eigenvalue weighted by molar-refractivity contribution is 0.528. The first-order valence-electron chi connectivity index (χ1n) is 55.0. The van der Waals surface area contributed by atoms with Crippen molar-refractivity contribution >= 4 is 87.2 Å². The highest BCUT2D eigenvalue weighted by atomic mass is 15.0. The molecule has 0 aliphatic rings. The Labute approximate surface area is 893 Å². The standard InChI is InChI=1S/C44H57N.C36H41N.C34H45N.C30H37N/c1-40(2,3)29-19-21-36-34(26-29)35-27-30(41(4,5)6)20-22-37(35)45(36)38-18-16-17-33(39(38)44(13,14)15)28-23-31(42(7,8)9)25-32(24-28)43(10,11)12;1-34(2,3)25-18-20-28-29-21-19-26(35(4,5)6)23-32(29)37(31(28)22-25)30-17-13-16-27(33(30)36(7,8)9)24-14-11-10-12-15-24;1-31(2,3)22-16-18-27-24(20-22)25-21-23(32(4,5)6)17-19-28(25)35(27)29-15-13-14-26(33(7,8)9)30(29)34(10,11)12;1-28(2,3)20-14-16-22-23-17-15-21(29(4,5)6)19-27(23)31(26(22)18-20)25-13-11-10-12-24(25)30(7,8)9/h16-27H,1-15H3;10-23H,1-9H3;13-21H,1-12H3;10-19H,1-9H3. The molecule has 0 aliphatic carbocycles. The van der Waals surface area contributed by atoms with Crippen LogP contribution >= 0.6 is 0 Å². The lowest BCUT2D eigenvalue weighted by atomic mass is 9.74. The van der Waals surface area contributed by atoms with Gasteiger partial charge in [-0.15, -0.1) is 0 Å². The lowest BCUT2D eigenvalue weighted by Crippen LogP contribution is -2.24. The molecule has 4 nitrogen and oxygen atoms in total. The number of nitrogens with zero attached hydrogens (tertiary/aromatic N) is 4. The molecule has 776 valence electrons. The summed E-state index contributed by atoms with van der Waals surface area (Å²) >= 11 is 0. The highest BCUT2D eigenvalue weighted by molar-refractivity contribution is 6.14. The number of fused-ring (bicyclic) bond motifs is 12. The first-order valence-corrected chi connectivity index (χ1v) is 55.0. The largest absolute Gasteiger partial charge is 0.309 e. The molecule has 0 fully saturated rings. The summed E-state index contributed by atoms with van der Waals surface area (Å²) < 4.78 is 10.1. The van der Waals surface area contributed by atoms with Crippen LogP contribution < -0.4 is 0 Å². The zero-order valence-electron chi connectivity index (χ0n) is 99.8. The average molecular weight is 1970 g/mol. The van der Waals surface area contributed by atoms with Gasteiger partial charge in [-0.1, -0.05) is 487 Å². The minimum Gasteiger partial charge on any atom is -0.309 e. The quantitative estimate of drug-likeness (QED) is 0.158. The summed E-state index contributed by atoms with van der Waals surface area (Å²) in [6.07, 6.45) is 0. The molecule has 14 aromatic carbocycles. The molecule has 0 radical (unpaired) electrons. The Morgan fingerprint density at radius 1 is 0.128 bits per heavy atom. The van der Waals surface area contributed by atoms with Crippen molar-refractivity contribution in [2.45, 2.75) is 393 Å². The van der Waals surface area contributed by atoms with Gasteiger partial charge in [-0.3, -0.25) is 0 Å². The number of rotatable bonds is 6. The second-order valence-corrected chi connectivity index (χ2v) is 58.7. The Morgan fingerprint density at radius 3 is 0.628 bits per heavy atom. The summed E-state index contributed by atoms with van der Waals surface area (Å²) in [6, 6.07) is 105. The molecule has 0 N–H and O–H groups in total. The van der Waals surface area contributed by atoms with Crippen LogP contribution in [-0.2, 0) is 81.2 Å². The molecule has 4 heteroatoms. The summed E-state index contributed by atoms with van der Waals surface area (Å²) in [7, 11) is 0. The molecule has 4 heterocycles. The Bertz CT molecular complexity index is 7730. The molecule has 0 saturated heterocycles. The molecule has 18 aromatic rings. The van der Waals surface area contributed by atoms with Gasteiger partial charge in [0, 0.05) is 48.8 Å². The van der Waals surface area contributed by atoms with Crippen LogP contribution in [0.1, 0.15) is 395 Å². The van der Waals surface area contributed by atoms with Crippen LogP contribution in [0.15, 0.2) is 273 Å². The molecule has 0 saturated carbocycles. The summed E-state index contributed by atoms with van der Waals surface area (Å²) in [5.41, 5.74) is 42.1. The number of aromatic nitrogens is 4. The van der Waals surface area contributed by atoms with Crippen molar-refractivity contribution in [2.75, 3.05) is 0 Å². The van der Waals surface area contributed by atoms with Crippen LogP contribution in [0, 0.1) is 0 Å². The molecule has 0 bridgehead atoms. The SMILES string of the molecule is CC(C)(C)c1cc(-c2cccc(-n3c4ccc(C(C)(C)C)cc4c4cc(C(C)(C)C)ccc43)c2C(C)(C)C)cc(C(C)(C)C)c1.CC(C)(C)c1ccc2c(c1)c1cc(C(C)(C)C)ccc1n2-c1cccc(C(C)(C)C)c1C(C)(C)C.CC(C)(C)c1ccc2c3ccc(C(C)(C)C)cc3n(-c3cccc(-c4ccccc4)c3C(C)(C)C)c2c1.CC(C)(C)c1ccc2c3ccc(C(C)(C)C)cc3n(-c3ccccc3C(C)(C)C)c2c1. The van der Waals surface area contributed by atoms with Gasteiger partial charge in [-0.2, -0.15) is 0 Å². The zero-order valence-corrected chi connectivity index (χ0v) is 99.8. The van der Waals surface area contributed by atoms with Gasteiger partial charge in [-0.05, 0) is 284 Å². The molecule has 4 aromatic heterocycles. The van der Waals surface area contributed by atoms with Gasteiger partial charge in [0.15, 0.2) is 0 Å². The smallest absolute Gasteiger partial charge is 0.0544 e. The van der Waals surface area contributed by atoms with Crippen LogP contribution in [-0.4, -0.2) is 18.3 Å². The fourth-order valence-corrected chi connectivity index (χ4v) is 22.1. The van der Waals surface area contributed by atoms with E-state index in [0.717, 1.165) is 0 Å². The van der Waals surface area contributed by atoms with E-state index in [1.807, 2.05) is 0 Å². The zero-order chi connectivity index (χ0) is 109. The minimum atomic E-state index is -0.0921. The number of benzene rings is 14. The van der Waals surface area contributed by atoms with Crippen molar-refractivity contribution in [2.24, 2.45) is 0 Å². The molecule has 0 atom stereocenters. The minimum absolute atomic E-state index is 0.0127. The van der Waals surface area contributed by atoms with E-state index in [9.17, 15) is 0 Å². The second-order valence-electron chi connectivity index (χ2n) is 58.7. The second kappa shape index (κ2) is 38.3. The van der Waals surface area contributed by atoms with Crippen molar-refractivity contribution < 1.29 is 0 Å². The molecule has 18 rings (SSSR count). The van der Waals surface area contributed by atoms with Crippen LogP contribution in [0.4, 0.5) is 0 Å². The summed E-state index contributed by atoms with van der Waals surface area (Å²) in [6.45, 7) is 104. The highest BCUT2D eigenvalue weighted by Crippen LogP contribution is 2.51. The van der Waals surface area contributed by atoms with Crippen molar-refractivity contribution in [1.29, 1.82) is 0 Å². The van der Waals surface area contributed by atoms with E-state index in [0.29, 0.717) is 0 Å². The van der Waals surface area contributed by atoms with Gasteiger partial charge >= 0.3 is 0 Å². The van der Waals surface area contributed by atoms with E-state index in [1.165, 1.54) is 216 Å². The number of para-hydroxylation sites is 1. The topological polar surface area (TPSA) is 19.7 Å². The Balaban J connectivity index is 0.000000149. The van der Waals surface area contributed by atoms with Crippen molar-refractivity contribution in [3.8, 4) is 45.0 Å². The fourth-order valence-electron chi connectivity index (χ4n) is 22.1. The maximum atomic E-state index is 2.55. The average Bonchev–Trinajstić information content (AvgIpc) is 1.59. The van der Waals surface area contributed by atoms with E-state index in [2.05, 4.69) is 603 Å². The monoisotopic (exact) mass is 1970 g/mol. The lowest BCUT2D eigenvalue weighted by Gasteiger charge is -2.33. The maximum absolute atomic E-state index is 2.55. The molecule has 0 aliphatic heterocycles. The van der Waals surface area contributed by atoms with Gasteiger partial charge < -0.3 is 18.3 Å². The van der Waals surface area contributed by atoms with Crippen molar-refractivity contribution in [3.05, 3.63) is 356 Å². The molecule has 0 amide bonds. The first-order chi connectivity index (χ1) is 67.9. The number of hydrogen-bond acceptors (Lipinski definition) is 0. The Kier molecular flexibility index (Phi) is 28.6. The van der Waals surface area contributed by atoms with Crippen LogP contribution in [0.5, 0.6) is 0 Å². The van der Waals surface area contributed by atoms with Gasteiger partial charge in [-0.25, -0.2) is 0 Å². The predicted molar refractivity (Wildman–Crippen MR) is 654 cm³/mol. The number of hydrogen-bond donors (Lipinski definition) is 0. The first kappa shape index (κ1) is 110. The van der Waals surface area contributed by atoms with Gasteiger partial charge in [0.05, 0.1) is 61.2 Å². The third kappa shape index (κ3) is 22.3.